The van der Waals surface area contributed by atoms with Crippen molar-refractivity contribution in [2.45, 2.75) is 19.4 Å². The third-order valence-electron chi connectivity index (χ3n) is 4.28. The van der Waals surface area contributed by atoms with E-state index in [1.54, 1.807) is 23.5 Å². The topological polar surface area (TPSA) is 81.5 Å². The number of para-hydroxylation sites is 2. The minimum Gasteiger partial charge on any atom is -0.477 e. The molecule has 1 aromatic heterocycles. The lowest BCUT2D eigenvalue weighted by atomic mass is 10.0. The van der Waals surface area contributed by atoms with Gasteiger partial charge in [0.05, 0.1) is 11.0 Å². The molecule has 1 N–H and O–H groups in total. The molecule has 28 heavy (non-hydrogen) atoms. The van der Waals surface area contributed by atoms with Crippen LogP contribution in [0.1, 0.15) is 29.0 Å². The average Bonchev–Trinajstić information content (AvgIpc) is 3.25. The van der Waals surface area contributed by atoms with Gasteiger partial charge in [-0.15, -0.1) is 11.3 Å². The number of thiophene rings is 1. The van der Waals surface area contributed by atoms with Gasteiger partial charge >= 0.3 is 5.69 Å². The molecule has 1 amide bonds. The highest BCUT2D eigenvalue weighted by Crippen LogP contribution is 2.27. The van der Waals surface area contributed by atoms with Crippen molar-refractivity contribution < 1.29 is 14.5 Å². The molecule has 0 aliphatic heterocycles. The van der Waals surface area contributed by atoms with Gasteiger partial charge in [0.25, 0.3) is 5.91 Å². The Balaban J connectivity index is 1.72. The summed E-state index contributed by atoms with van der Waals surface area (Å²) >= 11 is 1.55. The number of carbonyl (C=O) groups is 1. The fraction of sp³-hybridized carbons (Fsp3) is 0.190. The summed E-state index contributed by atoms with van der Waals surface area (Å²) < 4.78 is 5.40. The molecular weight excluding hydrogens is 376 g/mol. The molecule has 0 aliphatic carbocycles. The predicted molar refractivity (Wildman–Crippen MR) is 109 cm³/mol. The highest BCUT2D eigenvalue weighted by Gasteiger charge is 2.20. The van der Waals surface area contributed by atoms with Gasteiger partial charge in [0, 0.05) is 10.9 Å². The first-order valence-electron chi connectivity index (χ1n) is 8.86. The van der Waals surface area contributed by atoms with Crippen molar-refractivity contribution in [3.63, 3.8) is 0 Å². The molecule has 1 atom stereocenters. The van der Waals surface area contributed by atoms with Gasteiger partial charge in [-0.3, -0.25) is 14.9 Å². The third kappa shape index (κ3) is 4.75. The Kier molecular flexibility index (Phi) is 6.39. The van der Waals surface area contributed by atoms with Gasteiger partial charge in [0.15, 0.2) is 12.4 Å². The van der Waals surface area contributed by atoms with E-state index in [9.17, 15) is 14.9 Å². The predicted octanol–water partition coefficient (Wildman–Crippen LogP) is 4.50. The number of ether oxygens (including phenoxy) is 1. The highest BCUT2D eigenvalue weighted by atomic mass is 32.1. The molecular formula is C21H20N2O4S. The van der Waals surface area contributed by atoms with Crippen LogP contribution in [0.3, 0.4) is 0 Å². The minimum atomic E-state index is -0.531. The molecule has 0 aliphatic rings. The summed E-state index contributed by atoms with van der Waals surface area (Å²) in [7, 11) is 0. The Morgan fingerprint density at radius 2 is 1.89 bits per heavy atom. The Bertz CT molecular complexity index is 939. The third-order valence-corrected chi connectivity index (χ3v) is 5.21. The zero-order valence-electron chi connectivity index (χ0n) is 15.3. The lowest BCUT2D eigenvalue weighted by molar-refractivity contribution is -0.385. The summed E-state index contributed by atoms with van der Waals surface area (Å²) in [5.74, 6) is -0.279. The van der Waals surface area contributed by atoms with Crippen LogP contribution in [-0.2, 0) is 11.2 Å². The molecule has 3 rings (SSSR count). The first-order valence-corrected chi connectivity index (χ1v) is 9.74. The van der Waals surface area contributed by atoms with Crippen LogP contribution in [0.4, 0.5) is 5.69 Å². The Labute approximate surface area is 166 Å². The normalized spacial score (nSPS) is 11.6. The summed E-state index contributed by atoms with van der Waals surface area (Å²) in [4.78, 5) is 24.0. The molecule has 0 bridgehead atoms. The van der Waals surface area contributed by atoms with E-state index in [2.05, 4.69) is 12.2 Å². The Morgan fingerprint density at radius 3 is 2.54 bits per heavy atom. The van der Waals surface area contributed by atoms with E-state index in [1.165, 1.54) is 17.7 Å². The molecule has 144 valence electrons. The number of nitrogens with zero attached hydrogens (tertiary/aromatic N) is 1. The molecule has 1 unspecified atom stereocenters. The van der Waals surface area contributed by atoms with Gasteiger partial charge in [-0.1, -0.05) is 49.4 Å². The van der Waals surface area contributed by atoms with Crippen LogP contribution in [0.25, 0.3) is 0 Å². The Hall–Kier alpha value is -3.19. The molecule has 3 aromatic rings. The standard InChI is InChI=1S/C21H20N2O4S/c1-2-15-9-11-16(12-10-15)21(19-8-5-13-28-19)22-20(24)14-27-18-7-4-3-6-17(18)23(25)26/h3-13,21H,2,14H2,1H3,(H,22,24). The van der Waals surface area contributed by atoms with Crippen LogP contribution in [-0.4, -0.2) is 17.4 Å². The van der Waals surface area contributed by atoms with E-state index in [0.29, 0.717) is 0 Å². The number of hydrogen-bond acceptors (Lipinski definition) is 5. The fourth-order valence-electron chi connectivity index (χ4n) is 2.80. The number of hydrogen-bond donors (Lipinski definition) is 1. The van der Waals surface area contributed by atoms with Crippen molar-refractivity contribution >= 4 is 22.9 Å². The molecule has 0 saturated heterocycles. The van der Waals surface area contributed by atoms with E-state index in [0.717, 1.165) is 16.9 Å². The smallest absolute Gasteiger partial charge is 0.310 e. The maximum absolute atomic E-state index is 12.5. The lowest BCUT2D eigenvalue weighted by Gasteiger charge is -2.18. The van der Waals surface area contributed by atoms with E-state index in [1.807, 2.05) is 41.8 Å². The van der Waals surface area contributed by atoms with Gasteiger partial charge in [-0.25, -0.2) is 0 Å². The van der Waals surface area contributed by atoms with Crippen LogP contribution in [0, 0.1) is 10.1 Å². The number of nitrogens with one attached hydrogen (secondary N) is 1. The average molecular weight is 396 g/mol. The number of nitro groups is 1. The van der Waals surface area contributed by atoms with Crippen LogP contribution in [0.2, 0.25) is 0 Å². The van der Waals surface area contributed by atoms with Gasteiger partial charge < -0.3 is 10.1 Å². The van der Waals surface area contributed by atoms with E-state index >= 15 is 0 Å². The van der Waals surface area contributed by atoms with Gasteiger partial charge in [-0.05, 0) is 35.1 Å². The zero-order valence-corrected chi connectivity index (χ0v) is 16.1. The maximum atomic E-state index is 12.5. The number of nitro benzene ring substituents is 1. The van der Waals surface area contributed by atoms with E-state index in [4.69, 9.17) is 4.74 Å². The largest absolute Gasteiger partial charge is 0.477 e. The van der Waals surface area contributed by atoms with Crippen LogP contribution in [0.5, 0.6) is 5.75 Å². The number of benzene rings is 2. The number of aryl methyl sites for hydroxylation is 1. The van der Waals surface area contributed by atoms with Crippen molar-refractivity contribution in [1.82, 2.24) is 5.32 Å². The van der Waals surface area contributed by atoms with Crippen LogP contribution < -0.4 is 10.1 Å². The number of carbonyl (C=O) groups excluding carboxylic acids is 1. The lowest BCUT2D eigenvalue weighted by Crippen LogP contribution is -2.33. The summed E-state index contributed by atoms with van der Waals surface area (Å²) in [6.07, 6.45) is 0.944. The van der Waals surface area contributed by atoms with Crippen LogP contribution in [0.15, 0.2) is 66.0 Å². The maximum Gasteiger partial charge on any atom is 0.310 e. The van der Waals surface area contributed by atoms with Crippen molar-refractivity contribution in [3.8, 4) is 5.75 Å². The molecule has 2 aromatic carbocycles. The van der Waals surface area contributed by atoms with Gasteiger partial charge in [0.1, 0.15) is 0 Å². The van der Waals surface area contributed by atoms with E-state index in [-0.39, 0.29) is 30.0 Å². The minimum absolute atomic E-state index is 0.0719. The summed E-state index contributed by atoms with van der Waals surface area (Å²) in [6, 6.07) is 17.7. The van der Waals surface area contributed by atoms with Crippen molar-refractivity contribution in [2.75, 3.05) is 6.61 Å². The highest BCUT2D eigenvalue weighted by molar-refractivity contribution is 7.10. The molecule has 0 spiro atoms. The van der Waals surface area contributed by atoms with Crippen molar-refractivity contribution in [2.24, 2.45) is 0 Å². The second-order valence-corrected chi connectivity index (χ2v) is 7.10. The first-order chi connectivity index (χ1) is 13.6. The molecule has 0 saturated carbocycles. The first kappa shape index (κ1) is 19.6. The molecule has 0 fully saturated rings. The van der Waals surface area contributed by atoms with Gasteiger partial charge in [-0.2, -0.15) is 0 Å². The van der Waals surface area contributed by atoms with E-state index < -0.39 is 4.92 Å². The second kappa shape index (κ2) is 9.14. The molecule has 7 heteroatoms. The zero-order chi connectivity index (χ0) is 19.9. The second-order valence-electron chi connectivity index (χ2n) is 6.12. The number of amides is 1. The molecule has 1 heterocycles. The molecule has 0 radical (unpaired) electrons. The van der Waals surface area contributed by atoms with Crippen molar-refractivity contribution in [3.05, 3.63) is 92.2 Å². The Morgan fingerprint density at radius 1 is 1.14 bits per heavy atom. The molecule has 6 nitrogen and oxygen atoms in total. The quantitative estimate of drug-likeness (QED) is 0.449. The summed E-state index contributed by atoms with van der Waals surface area (Å²) in [5, 5.41) is 16.0. The SMILES string of the molecule is CCc1ccc(C(NC(=O)COc2ccccc2[N+](=O)[O-])c2cccs2)cc1. The van der Waals surface area contributed by atoms with Crippen LogP contribution >= 0.6 is 11.3 Å². The summed E-state index contributed by atoms with van der Waals surface area (Å²) in [5.41, 5.74) is 2.03. The van der Waals surface area contributed by atoms with Gasteiger partial charge in [0.2, 0.25) is 0 Å². The summed E-state index contributed by atoms with van der Waals surface area (Å²) in [6.45, 7) is 1.79. The monoisotopic (exact) mass is 396 g/mol. The van der Waals surface area contributed by atoms with Crippen molar-refractivity contribution in [1.29, 1.82) is 0 Å². The fourth-order valence-corrected chi connectivity index (χ4v) is 3.60. The number of rotatable bonds is 8.